The molecular weight excluding hydrogens is 317 g/mol. The number of halogens is 2. The number of primary amides is 1. The number of hydrogen-bond donors (Lipinski definition) is 1. The average Bonchev–Trinajstić information content (AvgIpc) is 2.34. The van der Waals surface area contributed by atoms with Crippen LogP contribution in [-0.2, 0) is 20.0 Å². The Bertz CT molecular complexity index is 496. The van der Waals surface area contributed by atoms with E-state index in [-0.39, 0.29) is 12.7 Å². The van der Waals surface area contributed by atoms with E-state index in [1.54, 1.807) is 18.2 Å². The number of nitrogens with two attached hydrogens (primary N) is 1. The molecule has 5 nitrogen and oxygen atoms in total. The van der Waals surface area contributed by atoms with Gasteiger partial charge in [-0.05, 0) is 24.1 Å². The summed E-state index contributed by atoms with van der Waals surface area (Å²) in [5, 5.41) is 0.786. The highest BCUT2D eigenvalue weighted by Gasteiger charge is 2.40. The molecule has 1 rings (SSSR count). The van der Waals surface area contributed by atoms with Crippen LogP contribution in [0.1, 0.15) is 25.8 Å². The monoisotopic (exact) mass is 335 g/mol. The van der Waals surface area contributed by atoms with Crippen LogP contribution >= 0.6 is 23.2 Å². The van der Waals surface area contributed by atoms with Gasteiger partial charge in [-0.25, -0.2) is 4.79 Å². The number of methoxy groups -OCH3 is 1. The number of ether oxygens (including phenoxy) is 3. The molecule has 0 saturated heterocycles. The van der Waals surface area contributed by atoms with Gasteiger partial charge in [0.2, 0.25) is 5.79 Å². The number of carbonyl (C=O) groups is 1. The SMILES string of the molecule is COCOC(CC(C)C)(OC(N)=O)c1ccc(Cl)cc1Cl. The molecule has 1 amide bonds. The Labute approximate surface area is 134 Å². The van der Waals surface area contributed by atoms with Gasteiger partial charge < -0.3 is 19.9 Å². The van der Waals surface area contributed by atoms with Crippen molar-refractivity contribution in [3.8, 4) is 0 Å². The topological polar surface area (TPSA) is 70.8 Å². The summed E-state index contributed by atoms with van der Waals surface area (Å²) in [6, 6.07) is 4.83. The Morgan fingerprint density at radius 1 is 1.38 bits per heavy atom. The third-order valence-corrected chi connectivity index (χ3v) is 3.24. The van der Waals surface area contributed by atoms with Crippen molar-refractivity contribution in [2.75, 3.05) is 13.9 Å². The van der Waals surface area contributed by atoms with Crippen LogP contribution in [0.3, 0.4) is 0 Å². The lowest BCUT2D eigenvalue weighted by atomic mass is 9.95. The summed E-state index contributed by atoms with van der Waals surface area (Å²) in [4.78, 5) is 11.3. The van der Waals surface area contributed by atoms with Crippen molar-refractivity contribution in [2.24, 2.45) is 11.7 Å². The van der Waals surface area contributed by atoms with Crippen molar-refractivity contribution < 1.29 is 19.0 Å². The standard InChI is InChI=1S/C14H19Cl2NO4/c1-9(2)7-14(20-8-19-3,21-13(17)18)11-5-4-10(15)6-12(11)16/h4-6,9H,7-8H2,1-3H3,(H2,17,18). The first kappa shape index (κ1) is 18.0. The van der Waals surface area contributed by atoms with E-state index in [0.29, 0.717) is 22.0 Å². The zero-order valence-corrected chi connectivity index (χ0v) is 13.7. The van der Waals surface area contributed by atoms with Gasteiger partial charge in [0.15, 0.2) is 6.79 Å². The van der Waals surface area contributed by atoms with Crippen LogP contribution in [0.4, 0.5) is 4.79 Å². The van der Waals surface area contributed by atoms with Crippen LogP contribution in [0.25, 0.3) is 0 Å². The first-order valence-corrected chi connectivity index (χ1v) is 7.13. The van der Waals surface area contributed by atoms with Crippen molar-refractivity contribution in [1.82, 2.24) is 0 Å². The second-order valence-corrected chi connectivity index (χ2v) is 5.79. The summed E-state index contributed by atoms with van der Waals surface area (Å²) < 4.78 is 15.8. The molecule has 0 radical (unpaired) electrons. The van der Waals surface area contributed by atoms with E-state index in [9.17, 15) is 4.79 Å². The number of amides is 1. The third-order valence-electron chi connectivity index (χ3n) is 2.69. The molecule has 0 aliphatic rings. The minimum atomic E-state index is -1.42. The van der Waals surface area contributed by atoms with E-state index in [2.05, 4.69) is 0 Å². The maximum absolute atomic E-state index is 11.3. The molecule has 1 aromatic carbocycles. The van der Waals surface area contributed by atoms with Crippen molar-refractivity contribution in [3.05, 3.63) is 33.8 Å². The van der Waals surface area contributed by atoms with Gasteiger partial charge in [-0.2, -0.15) is 0 Å². The van der Waals surface area contributed by atoms with E-state index in [0.717, 1.165) is 0 Å². The van der Waals surface area contributed by atoms with Crippen LogP contribution < -0.4 is 5.73 Å². The van der Waals surface area contributed by atoms with Gasteiger partial charge >= 0.3 is 6.09 Å². The fourth-order valence-electron chi connectivity index (χ4n) is 2.03. The lowest BCUT2D eigenvalue weighted by molar-refractivity contribution is -0.255. The van der Waals surface area contributed by atoms with E-state index in [1.807, 2.05) is 13.8 Å². The van der Waals surface area contributed by atoms with Crippen LogP contribution in [-0.4, -0.2) is 20.0 Å². The van der Waals surface area contributed by atoms with E-state index >= 15 is 0 Å². The maximum atomic E-state index is 11.3. The predicted molar refractivity (Wildman–Crippen MR) is 81.2 cm³/mol. The summed E-state index contributed by atoms with van der Waals surface area (Å²) in [6.07, 6.45) is -0.599. The molecule has 1 unspecified atom stereocenters. The summed E-state index contributed by atoms with van der Waals surface area (Å²) in [7, 11) is 1.47. The first-order chi connectivity index (χ1) is 9.80. The normalized spacial score (nSPS) is 14.0. The number of hydrogen-bond acceptors (Lipinski definition) is 4. The van der Waals surface area contributed by atoms with Crippen LogP contribution in [0.15, 0.2) is 18.2 Å². The molecule has 0 saturated carbocycles. The van der Waals surface area contributed by atoms with Crippen LogP contribution in [0, 0.1) is 5.92 Å². The van der Waals surface area contributed by atoms with Crippen molar-refractivity contribution in [2.45, 2.75) is 26.1 Å². The Morgan fingerprint density at radius 3 is 2.52 bits per heavy atom. The largest absolute Gasteiger partial charge is 0.412 e. The van der Waals surface area contributed by atoms with Crippen LogP contribution in [0.2, 0.25) is 10.0 Å². The highest BCUT2D eigenvalue weighted by Crippen LogP contribution is 2.39. The highest BCUT2D eigenvalue weighted by molar-refractivity contribution is 6.35. The summed E-state index contributed by atoms with van der Waals surface area (Å²) in [6.45, 7) is 3.83. The molecule has 0 aliphatic heterocycles. The van der Waals surface area contributed by atoms with Crippen molar-refractivity contribution in [3.63, 3.8) is 0 Å². The molecule has 0 bridgehead atoms. The molecular formula is C14H19Cl2NO4. The highest BCUT2D eigenvalue weighted by atomic mass is 35.5. The lowest BCUT2D eigenvalue weighted by Gasteiger charge is -2.34. The molecule has 0 spiro atoms. The van der Waals surface area contributed by atoms with Crippen LogP contribution in [0.5, 0.6) is 0 Å². The fourth-order valence-corrected chi connectivity index (χ4v) is 2.58. The van der Waals surface area contributed by atoms with Gasteiger partial charge in [0.1, 0.15) is 0 Å². The zero-order chi connectivity index (χ0) is 16.0. The quantitative estimate of drug-likeness (QED) is 0.767. The second-order valence-electron chi connectivity index (χ2n) is 4.95. The predicted octanol–water partition coefficient (Wildman–Crippen LogP) is 3.91. The second kappa shape index (κ2) is 7.84. The Balaban J connectivity index is 3.32. The van der Waals surface area contributed by atoms with E-state index in [4.69, 9.17) is 43.1 Å². The molecule has 1 aromatic rings. The maximum Gasteiger partial charge on any atom is 0.407 e. The van der Waals surface area contributed by atoms with E-state index in [1.165, 1.54) is 7.11 Å². The smallest absolute Gasteiger partial charge is 0.407 e. The number of rotatable bonds is 7. The molecule has 0 fully saturated rings. The summed E-state index contributed by atoms with van der Waals surface area (Å²) in [5.41, 5.74) is 5.66. The van der Waals surface area contributed by atoms with Gasteiger partial charge in [0.05, 0.1) is 5.02 Å². The van der Waals surface area contributed by atoms with Gasteiger partial charge in [-0.3, -0.25) is 0 Å². The average molecular weight is 336 g/mol. The molecule has 21 heavy (non-hydrogen) atoms. The van der Waals surface area contributed by atoms with Gasteiger partial charge in [0.25, 0.3) is 0 Å². The van der Waals surface area contributed by atoms with Crippen molar-refractivity contribution in [1.29, 1.82) is 0 Å². The molecule has 0 aromatic heterocycles. The zero-order valence-electron chi connectivity index (χ0n) is 12.2. The summed E-state index contributed by atoms with van der Waals surface area (Å²) >= 11 is 12.1. The first-order valence-electron chi connectivity index (χ1n) is 6.37. The Kier molecular flexibility index (Phi) is 6.74. The van der Waals surface area contributed by atoms with Crippen molar-refractivity contribution >= 4 is 29.3 Å². The lowest BCUT2D eigenvalue weighted by Crippen LogP contribution is -2.39. The molecule has 2 N–H and O–H groups in total. The van der Waals surface area contributed by atoms with E-state index < -0.39 is 11.9 Å². The van der Waals surface area contributed by atoms with Gasteiger partial charge in [-0.1, -0.05) is 37.0 Å². The molecule has 0 aliphatic carbocycles. The number of carbonyl (C=O) groups excluding carboxylic acids is 1. The minimum absolute atomic E-state index is 0.0844. The number of benzene rings is 1. The molecule has 0 heterocycles. The van der Waals surface area contributed by atoms with Gasteiger partial charge in [0, 0.05) is 24.1 Å². The molecule has 1 atom stereocenters. The molecule has 118 valence electrons. The molecule has 7 heteroatoms. The third kappa shape index (κ3) is 5.04. The summed E-state index contributed by atoms with van der Waals surface area (Å²) in [5.74, 6) is -1.27. The Hall–Kier alpha value is -1.01. The van der Waals surface area contributed by atoms with Gasteiger partial charge in [-0.15, -0.1) is 0 Å². The minimum Gasteiger partial charge on any atom is -0.412 e. The fraction of sp³-hybridized carbons (Fsp3) is 0.500. The Morgan fingerprint density at radius 2 is 2.05 bits per heavy atom.